The summed E-state index contributed by atoms with van der Waals surface area (Å²) in [6.07, 6.45) is 2.71. The van der Waals surface area contributed by atoms with Gasteiger partial charge in [-0.3, -0.25) is 9.78 Å². The van der Waals surface area contributed by atoms with Crippen LogP contribution in [0.5, 0.6) is 0 Å². The fourth-order valence-electron chi connectivity index (χ4n) is 2.72. The third kappa shape index (κ3) is 3.96. The van der Waals surface area contributed by atoms with Gasteiger partial charge in [-0.25, -0.2) is 9.37 Å². The van der Waals surface area contributed by atoms with Crippen LogP contribution < -0.4 is 10.9 Å². The van der Waals surface area contributed by atoms with Crippen molar-refractivity contribution in [2.24, 2.45) is 0 Å². The number of hydrogen-bond donors (Lipinski definition) is 2. The second kappa shape index (κ2) is 6.91. The Labute approximate surface area is 133 Å². The van der Waals surface area contributed by atoms with Crippen molar-refractivity contribution in [2.75, 3.05) is 18.5 Å². The molecule has 1 aromatic carbocycles. The Kier molecular flexibility index (Phi) is 4.71. The van der Waals surface area contributed by atoms with Crippen molar-refractivity contribution in [3.8, 4) is 0 Å². The van der Waals surface area contributed by atoms with Crippen LogP contribution in [0.25, 0.3) is 0 Å². The molecule has 1 unspecified atom stereocenters. The van der Waals surface area contributed by atoms with Crippen LogP contribution in [0.3, 0.4) is 0 Å². The number of hydrogen-bond acceptors (Lipinski definition) is 4. The van der Waals surface area contributed by atoms with Gasteiger partial charge in [-0.15, -0.1) is 0 Å². The Bertz CT molecular complexity index is 722. The number of aromatic nitrogens is 2. The Hall–Kier alpha value is -2.21. The Balaban J connectivity index is 1.71. The molecular formula is C17H20FN3O2. The fourth-order valence-corrected chi connectivity index (χ4v) is 2.72. The summed E-state index contributed by atoms with van der Waals surface area (Å²) in [7, 11) is 0. The molecule has 0 aliphatic carbocycles. The van der Waals surface area contributed by atoms with Crippen molar-refractivity contribution >= 4 is 5.95 Å². The number of nitrogens with zero attached hydrogens (tertiary/aromatic N) is 1. The smallest absolute Gasteiger partial charge is 0.256 e. The third-order valence-corrected chi connectivity index (χ3v) is 4.04. The van der Waals surface area contributed by atoms with Crippen molar-refractivity contribution in [1.82, 2.24) is 9.97 Å². The summed E-state index contributed by atoms with van der Waals surface area (Å²) in [5.41, 5.74) is 1.98. The molecule has 1 aliphatic heterocycles. The van der Waals surface area contributed by atoms with Crippen molar-refractivity contribution in [3.63, 3.8) is 0 Å². The number of ether oxygens (including phenoxy) is 1. The predicted octanol–water partition coefficient (Wildman–Crippen LogP) is 2.40. The Morgan fingerprint density at radius 2 is 2.17 bits per heavy atom. The molecule has 3 rings (SSSR count). The van der Waals surface area contributed by atoms with Crippen LogP contribution in [0.1, 0.15) is 29.7 Å². The quantitative estimate of drug-likeness (QED) is 0.888. The largest absolute Gasteiger partial charge is 0.376 e. The predicted molar refractivity (Wildman–Crippen MR) is 86.3 cm³/mol. The van der Waals surface area contributed by atoms with Gasteiger partial charge in [0.15, 0.2) is 0 Å². The number of anilines is 1. The molecule has 1 fully saturated rings. The first-order valence-electron chi connectivity index (χ1n) is 7.81. The first kappa shape index (κ1) is 15.7. The van der Waals surface area contributed by atoms with Crippen LogP contribution in [0.4, 0.5) is 10.3 Å². The van der Waals surface area contributed by atoms with Crippen LogP contribution in [0.2, 0.25) is 0 Å². The number of benzene rings is 1. The number of halogens is 1. The zero-order chi connectivity index (χ0) is 16.2. The maximum absolute atomic E-state index is 13.0. The van der Waals surface area contributed by atoms with Crippen LogP contribution in [0, 0.1) is 12.7 Å². The van der Waals surface area contributed by atoms with Gasteiger partial charge in [-0.05, 0) is 37.5 Å². The molecule has 5 nitrogen and oxygen atoms in total. The minimum Gasteiger partial charge on any atom is -0.376 e. The Morgan fingerprint density at radius 3 is 2.83 bits per heavy atom. The summed E-state index contributed by atoms with van der Waals surface area (Å²) in [6.45, 7) is 3.25. The minimum absolute atomic E-state index is 0.170. The second-order valence-electron chi connectivity index (χ2n) is 5.80. The van der Waals surface area contributed by atoms with E-state index in [1.54, 1.807) is 12.1 Å². The van der Waals surface area contributed by atoms with Crippen LogP contribution in [-0.4, -0.2) is 29.2 Å². The number of aryl methyl sites for hydroxylation is 1. The number of nitrogens with one attached hydrogen (secondary N) is 2. The number of H-pyrrole nitrogens is 1. The van der Waals surface area contributed by atoms with E-state index in [4.69, 9.17) is 4.74 Å². The van der Waals surface area contributed by atoms with E-state index in [9.17, 15) is 9.18 Å². The minimum atomic E-state index is -0.286. The summed E-state index contributed by atoms with van der Waals surface area (Å²) < 4.78 is 18.5. The fraction of sp³-hybridized carbons (Fsp3) is 0.412. The summed E-state index contributed by atoms with van der Waals surface area (Å²) in [6, 6.07) is 6.14. The summed E-state index contributed by atoms with van der Waals surface area (Å²) in [5, 5.41) is 3.13. The lowest BCUT2D eigenvalue weighted by Crippen LogP contribution is -2.24. The maximum Gasteiger partial charge on any atom is 0.256 e. The Morgan fingerprint density at radius 1 is 1.39 bits per heavy atom. The van der Waals surface area contributed by atoms with E-state index in [0.29, 0.717) is 30.2 Å². The van der Waals surface area contributed by atoms with E-state index in [-0.39, 0.29) is 17.5 Å². The summed E-state index contributed by atoms with van der Waals surface area (Å²) in [4.78, 5) is 19.5. The van der Waals surface area contributed by atoms with Gasteiger partial charge in [-0.2, -0.15) is 0 Å². The topological polar surface area (TPSA) is 67.0 Å². The van der Waals surface area contributed by atoms with Crippen LogP contribution >= 0.6 is 0 Å². The van der Waals surface area contributed by atoms with Gasteiger partial charge in [-0.1, -0.05) is 12.1 Å². The lowest BCUT2D eigenvalue weighted by molar-refractivity contribution is 0.120. The molecule has 1 aliphatic rings. The van der Waals surface area contributed by atoms with Crippen LogP contribution in [-0.2, 0) is 11.2 Å². The number of rotatable bonds is 5. The monoisotopic (exact) mass is 317 g/mol. The van der Waals surface area contributed by atoms with Crippen LogP contribution in [0.15, 0.2) is 29.1 Å². The molecule has 2 aromatic rings. The van der Waals surface area contributed by atoms with E-state index in [1.807, 2.05) is 6.92 Å². The zero-order valence-electron chi connectivity index (χ0n) is 13.1. The second-order valence-corrected chi connectivity index (χ2v) is 5.80. The molecule has 0 amide bonds. The van der Waals surface area contributed by atoms with Gasteiger partial charge in [0.05, 0.1) is 11.8 Å². The standard InChI is InChI=1S/C17H20FN3O2/c1-11-15(9-12-4-6-13(18)7-5-12)16(22)21-17(20-11)19-10-14-3-2-8-23-14/h4-7,14H,2-3,8-10H2,1H3,(H2,19,20,21,22). The lowest BCUT2D eigenvalue weighted by atomic mass is 10.1. The van der Waals surface area contributed by atoms with Crippen molar-refractivity contribution in [2.45, 2.75) is 32.3 Å². The molecule has 0 spiro atoms. The van der Waals surface area contributed by atoms with Gasteiger partial charge in [0.25, 0.3) is 5.56 Å². The molecule has 0 radical (unpaired) electrons. The molecule has 1 atom stereocenters. The first-order valence-corrected chi connectivity index (χ1v) is 7.81. The highest BCUT2D eigenvalue weighted by molar-refractivity contribution is 5.33. The molecule has 0 bridgehead atoms. The van der Waals surface area contributed by atoms with Crippen molar-refractivity contribution < 1.29 is 9.13 Å². The van der Waals surface area contributed by atoms with E-state index >= 15 is 0 Å². The van der Waals surface area contributed by atoms with Gasteiger partial charge in [0.2, 0.25) is 5.95 Å². The average molecular weight is 317 g/mol. The highest BCUT2D eigenvalue weighted by Crippen LogP contribution is 2.13. The lowest BCUT2D eigenvalue weighted by Gasteiger charge is -2.12. The van der Waals surface area contributed by atoms with Crippen molar-refractivity contribution in [1.29, 1.82) is 0 Å². The van der Waals surface area contributed by atoms with E-state index in [2.05, 4.69) is 15.3 Å². The molecule has 1 aromatic heterocycles. The van der Waals surface area contributed by atoms with E-state index in [0.717, 1.165) is 25.0 Å². The normalized spacial score (nSPS) is 17.4. The van der Waals surface area contributed by atoms with Gasteiger partial charge >= 0.3 is 0 Å². The molecule has 1 saturated heterocycles. The maximum atomic E-state index is 13.0. The summed E-state index contributed by atoms with van der Waals surface area (Å²) >= 11 is 0. The summed E-state index contributed by atoms with van der Waals surface area (Å²) in [5.74, 6) is 0.178. The highest BCUT2D eigenvalue weighted by Gasteiger charge is 2.16. The third-order valence-electron chi connectivity index (χ3n) is 4.04. The zero-order valence-corrected chi connectivity index (χ0v) is 13.1. The van der Waals surface area contributed by atoms with Gasteiger partial charge in [0, 0.05) is 25.1 Å². The highest BCUT2D eigenvalue weighted by atomic mass is 19.1. The SMILES string of the molecule is Cc1nc(NCC2CCCO2)[nH]c(=O)c1Cc1ccc(F)cc1. The molecule has 2 N–H and O–H groups in total. The van der Waals surface area contributed by atoms with Crippen molar-refractivity contribution in [3.05, 3.63) is 57.3 Å². The van der Waals surface area contributed by atoms with E-state index < -0.39 is 0 Å². The van der Waals surface area contributed by atoms with Gasteiger partial charge < -0.3 is 10.1 Å². The van der Waals surface area contributed by atoms with E-state index in [1.165, 1.54) is 12.1 Å². The number of aromatic amines is 1. The molecule has 122 valence electrons. The molecule has 0 saturated carbocycles. The van der Waals surface area contributed by atoms with Gasteiger partial charge in [0.1, 0.15) is 5.82 Å². The molecular weight excluding hydrogens is 297 g/mol. The first-order chi connectivity index (χ1) is 11.1. The molecule has 6 heteroatoms. The average Bonchev–Trinajstić information content (AvgIpc) is 3.04. The molecule has 2 heterocycles. The molecule has 23 heavy (non-hydrogen) atoms.